The Morgan fingerprint density at radius 2 is 0.516 bits per heavy atom. The van der Waals surface area contributed by atoms with E-state index < -0.39 is 0 Å². The van der Waals surface area contributed by atoms with Crippen LogP contribution in [-0.4, -0.2) is 5.54 Å². The molecule has 0 aromatic rings. The van der Waals surface area contributed by atoms with E-state index in [0.29, 0.717) is 0 Å². The molecule has 0 spiro atoms. The molecule has 188 valence electrons. The van der Waals surface area contributed by atoms with Crippen LogP contribution in [0.5, 0.6) is 0 Å². The van der Waals surface area contributed by atoms with Crippen LogP contribution in [0.15, 0.2) is 0 Å². The Balaban J connectivity index is 4.04. The van der Waals surface area contributed by atoms with Gasteiger partial charge in [0, 0.05) is 5.54 Å². The van der Waals surface area contributed by atoms with E-state index in [1.807, 2.05) is 0 Å². The Morgan fingerprint density at radius 3 is 0.742 bits per heavy atom. The number of hydrogen-bond acceptors (Lipinski definition) is 1. The summed E-state index contributed by atoms with van der Waals surface area (Å²) in [6.07, 6.45) is 36.2. The molecule has 0 aliphatic rings. The van der Waals surface area contributed by atoms with E-state index in [1.165, 1.54) is 167 Å². The van der Waals surface area contributed by atoms with Crippen molar-refractivity contribution >= 4 is 0 Å². The third-order valence-corrected chi connectivity index (χ3v) is 7.33. The third kappa shape index (κ3) is 22.9. The molecule has 0 unspecified atom stereocenters. The quantitative estimate of drug-likeness (QED) is 0.134. The fraction of sp³-hybridized carbons (Fsp3) is 1.00. The molecule has 0 radical (unpaired) electrons. The molecular weight excluding hydrogens is 374 g/mol. The molecule has 1 nitrogen and oxygen atoms in total. The number of unbranched alkanes of at least 4 members (excludes halogenated alkanes) is 20. The maximum absolute atomic E-state index is 7.02. The Bertz CT molecular complexity index is 304. The van der Waals surface area contributed by atoms with Crippen LogP contribution in [0.25, 0.3) is 0 Å². The van der Waals surface area contributed by atoms with Crippen LogP contribution in [0.3, 0.4) is 0 Å². The van der Waals surface area contributed by atoms with Crippen molar-refractivity contribution in [3.63, 3.8) is 0 Å². The average molecular weight is 438 g/mol. The molecule has 0 saturated carbocycles. The second kappa shape index (κ2) is 24.6. The summed E-state index contributed by atoms with van der Waals surface area (Å²) >= 11 is 0. The zero-order chi connectivity index (χ0) is 22.9. The van der Waals surface area contributed by atoms with E-state index in [4.69, 9.17) is 5.73 Å². The van der Waals surface area contributed by atoms with Crippen LogP contribution in [0, 0.1) is 0 Å². The zero-order valence-corrected chi connectivity index (χ0v) is 22.5. The van der Waals surface area contributed by atoms with Crippen molar-refractivity contribution in [1.82, 2.24) is 0 Å². The lowest BCUT2D eigenvalue weighted by molar-refractivity contribution is 0.302. The average Bonchev–Trinajstić information content (AvgIpc) is 2.77. The second-order valence-electron chi connectivity index (χ2n) is 10.7. The predicted octanol–water partition coefficient (Wildman–Crippen LogP) is 10.9. The molecule has 0 aromatic heterocycles. The molecule has 1 heteroatoms. The van der Waals surface area contributed by atoms with Gasteiger partial charge in [-0.2, -0.15) is 0 Å². The monoisotopic (exact) mass is 437 g/mol. The first-order valence-electron chi connectivity index (χ1n) is 15.0. The fourth-order valence-corrected chi connectivity index (χ4v) is 5.03. The van der Waals surface area contributed by atoms with Gasteiger partial charge in [-0.05, 0) is 19.3 Å². The van der Waals surface area contributed by atoms with Crippen LogP contribution in [0.4, 0.5) is 0 Å². The lowest BCUT2D eigenvalue weighted by Crippen LogP contribution is -2.39. The van der Waals surface area contributed by atoms with Crippen LogP contribution in [-0.2, 0) is 0 Å². The highest BCUT2D eigenvalue weighted by Crippen LogP contribution is 2.27. The van der Waals surface area contributed by atoms with Crippen LogP contribution in [0.1, 0.15) is 188 Å². The van der Waals surface area contributed by atoms with Gasteiger partial charge < -0.3 is 5.73 Å². The molecule has 0 rings (SSSR count). The Kier molecular flexibility index (Phi) is 24.6. The van der Waals surface area contributed by atoms with E-state index in [9.17, 15) is 0 Å². The van der Waals surface area contributed by atoms with Crippen molar-refractivity contribution in [3.05, 3.63) is 0 Å². The van der Waals surface area contributed by atoms with Gasteiger partial charge in [0.1, 0.15) is 0 Å². The lowest BCUT2D eigenvalue weighted by atomic mass is 9.82. The highest BCUT2D eigenvalue weighted by molar-refractivity contribution is 4.84. The van der Waals surface area contributed by atoms with Gasteiger partial charge in [-0.1, -0.05) is 168 Å². The van der Waals surface area contributed by atoms with Crippen molar-refractivity contribution in [2.45, 2.75) is 193 Å². The SMILES string of the molecule is CCCCCCCCCCC(N)(CCCCCCCCC)CCCCCCCCCC. The van der Waals surface area contributed by atoms with Gasteiger partial charge in [-0.15, -0.1) is 0 Å². The van der Waals surface area contributed by atoms with Gasteiger partial charge in [0.05, 0.1) is 0 Å². The van der Waals surface area contributed by atoms with Crippen molar-refractivity contribution in [2.24, 2.45) is 5.73 Å². The fourth-order valence-electron chi connectivity index (χ4n) is 5.03. The molecule has 0 fully saturated rings. The minimum atomic E-state index is 0.133. The summed E-state index contributed by atoms with van der Waals surface area (Å²) in [5.41, 5.74) is 7.15. The summed E-state index contributed by atoms with van der Waals surface area (Å²) in [5, 5.41) is 0. The van der Waals surface area contributed by atoms with E-state index in [1.54, 1.807) is 0 Å². The summed E-state index contributed by atoms with van der Waals surface area (Å²) < 4.78 is 0. The lowest BCUT2D eigenvalue weighted by Gasteiger charge is -2.30. The van der Waals surface area contributed by atoms with Gasteiger partial charge in [-0.25, -0.2) is 0 Å². The van der Waals surface area contributed by atoms with Crippen LogP contribution in [0.2, 0.25) is 0 Å². The standard InChI is InChI=1S/C30H63N/c1-4-7-10-13-16-19-22-25-28-30(31,27-24-21-18-15-12-9-6-3)29-26-23-20-17-14-11-8-5-2/h4-29,31H2,1-3H3. The first-order chi connectivity index (χ1) is 15.2. The molecule has 0 aromatic carbocycles. The van der Waals surface area contributed by atoms with Crippen LogP contribution >= 0.6 is 0 Å². The molecule has 31 heavy (non-hydrogen) atoms. The largest absolute Gasteiger partial charge is 0.325 e. The van der Waals surface area contributed by atoms with Crippen LogP contribution < -0.4 is 5.73 Å². The summed E-state index contributed by atoms with van der Waals surface area (Å²) in [6, 6.07) is 0. The third-order valence-electron chi connectivity index (χ3n) is 7.33. The highest BCUT2D eigenvalue weighted by atomic mass is 14.7. The van der Waals surface area contributed by atoms with Crippen molar-refractivity contribution < 1.29 is 0 Å². The molecule has 2 N–H and O–H groups in total. The second-order valence-corrected chi connectivity index (χ2v) is 10.7. The minimum absolute atomic E-state index is 0.133. The minimum Gasteiger partial charge on any atom is -0.325 e. The summed E-state index contributed by atoms with van der Waals surface area (Å²) in [7, 11) is 0. The van der Waals surface area contributed by atoms with Crippen molar-refractivity contribution in [1.29, 1.82) is 0 Å². The topological polar surface area (TPSA) is 26.0 Å². The maximum atomic E-state index is 7.02. The summed E-state index contributed by atoms with van der Waals surface area (Å²) in [5.74, 6) is 0. The van der Waals surface area contributed by atoms with Gasteiger partial charge in [0.2, 0.25) is 0 Å². The normalized spacial score (nSPS) is 12.0. The van der Waals surface area contributed by atoms with E-state index in [2.05, 4.69) is 20.8 Å². The predicted molar refractivity (Wildman–Crippen MR) is 144 cm³/mol. The maximum Gasteiger partial charge on any atom is 0.0154 e. The van der Waals surface area contributed by atoms with E-state index >= 15 is 0 Å². The number of nitrogens with two attached hydrogens (primary N) is 1. The summed E-state index contributed by atoms with van der Waals surface area (Å²) in [4.78, 5) is 0. The molecule has 0 atom stereocenters. The Morgan fingerprint density at radius 1 is 0.323 bits per heavy atom. The van der Waals surface area contributed by atoms with Gasteiger partial charge in [0.15, 0.2) is 0 Å². The Hall–Kier alpha value is -0.0400. The molecular formula is C30H63N. The summed E-state index contributed by atoms with van der Waals surface area (Å²) in [6.45, 7) is 6.91. The molecule has 0 aliphatic heterocycles. The molecule has 0 bridgehead atoms. The van der Waals surface area contributed by atoms with Crippen molar-refractivity contribution in [3.8, 4) is 0 Å². The first kappa shape index (κ1) is 31.0. The first-order valence-corrected chi connectivity index (χ1v) is 15.0. The van der Waals surface area contributed by atoms with Gasteiger partial charge in [0.25, 0.3) is 0 Å². The number of rotatable bonds is 26. The molecule has 0 amide bonds. The van der Waals surface area contributed by atoms with Gasteiger partial charge in [-0.3, -0.25) is 0 Å². The molecule has 0 saturated heterocycles. The molecule has 0 heterocycles. The zero-order valence-electron chi connectivity index (χ0n) is 22.5. The smallest absolute Gasteiger partial charge is 0.0154 e. The number of hydrogen-bond donors (Lipinski definition) is 1. The van der Waals surface area contributed by atoms with E-state index in [-0.39, 0.29) is 5.54 Å². The van der Waals surface area contributed by atoms with Gasteiger partial charge >= 0.3 is 0 Å². The highest BCUT2D eigenvalue weighted by Gasteiger charge is 2.23. The molecule has 0 aliphatic carbocycles. The Labute approximate surface area is 199 Å². The van der Waals surface area contributed by atoms with E-state index in [0.717, 1.165) is 0 Å². The van der Waals surface area contributed by atoms with Crippen molar-refractivity contribution in [2.75, 3.05) is 0 Å².